The van der Waals surface area contributed by atoms with Gasteiger partial charge in [0.15, 0.2) is 0 Å². The first-order chi connectivity index (χ1) is 9.00. The Kier molecular flexibility index (Phi) is 4.09. The fourth-order valence-corrected chi connectivity index (χ4v) is 3.24. The van der Waals surface area contributed by atoms with E-state index in [0.29, 0.717) is 23.8 Å². The number of ether oxygens (including phenoxy) is 1. The Morgan fingerprint density at radius 3 is 2.47 bits per heavy atom. The summed E-state index contributed by atoms with van der Waals surface area (Å²) in [5.41, 5.74) is 0.876. The van der Waals surface area contributed by atoms with Gasteiger partial charge in [0.1, 0.15) is 0 Å². The number of hydrogen-bond acceptors (Lipinski definition) is 4. The van der Waals surface area contributed by atoms with Crippen LogP contribution in [0.4, 0.5) is 5.69 Å². The molecule has 0 aliphatic heterocycles. The molecule has 1 aromatic carbocycles. The summed E-state index contributed by atoms with van der Waals surface area (Å²) in [5, 5.41) is 0. The van der Waals surface area contributed by atoms with Crippen LogP contribution in [0, 0.1) is 5.92 Å². The van der Waals surface area contributed by atoms with Gasteiger partial charge >= 0.3 is 5.97 Å². The van der Waals surface area contributed by atoms with Gasteiger partial charge in [0.2, 0.25) is 10.0 Å². The topological polar surface area (TPSA) is 72.5 Å². The van der Waals surface area contributed by atoms with Crippen molar-refractivity contribution in [3.63, 3.8) is 0 Å². The zero-order chi connectivity index (χ0) is 13.9. The van der Waals surface area contributed by atoms with Crippen molar-refractivity contribution in [2.75, 3.05) is 17.1 Å². The number of esters is 1. The van der Waals surface area contributed by atoms with Crippen LogP contribution in [-0.2, 0) is 14.8 Å². The molecule has 1 aliphatic rings. The molecule has 0 spiro atoms. The summed E-state index contributed by atoms with van der Waals surface area (Å²) in [4.78, 5) is 11.4. The predicted octanol–water partition coefficient (Wildman–Crippen LogP) is 2.01. The monoisotopic (exact) mass is 283 g/mol. The summed E-state index contributed by atoms with van der Waals surface area (Å²) in [5.74, 6) is 0.0679. The lowest BCUT2D eigenvalue weighted by molar-refractivity contribution is 0.0526. The second-order valence-corrected chi connectivity index (χ2v) is 6.39. The Morgan fingerprint density at radius 1 is 1.32 bits per heavy atom. The van der Waals surface area contributed by atoms with Crippen molar-refractivity contribution in [1.82, 2.24) is 0 Å². The lowest BCUT2D eigenvalue weighted by atomic mass is 10.2. The molecule has 0 saturated heterocycles. The van der Waals surface area contributed by atoms with Gasteiger partial charge in [-0.1, -0.05) is 0 Å². The highest BCUT2D eigenvalue weighted by Gasteiger charge is 2.27. The first-order valence-electron chi connectivity index (χ1n) is 6.28. The highest BCUT2D eigenvalue weighted by atomic mass is 32.2. The Morgan fingerprint density at radius 2 is 1.95 bits per heavy atom. The number of rotatable bonds is 6. The van der Waals surface area contributed by atoms with Crippen LogP contribution in [0.3, 0.4) is 0 Å². The maximum Gasteiger partial charge on any atom is 0.338 e. The summed E-state index contributed by atoms with van der Waals surface area (Å²) >= 11 is 0. The Hall–Kier alpha value is -1.56. The highest BCUT2D eigenvalue weighted by molar-refractivity contribution is 7.92. The number of sulfonamides is 1. The molecule has 1 saturated carbocycles. The predicted molar refractivity (Wildman–Crippen MR) is 72.5 cm³/mol. The van der Waals surface area contributed by atoms with E-state index in [-0.39, 0.29) is 5.75 Å². The standard InChI is InChI=1S/C13H17NO4S/c1-2-18-13(15)11-5-7-12(8-6-11)14-19(16,17)9-10-3-4-10/h5-8,10,14H,2-4,9H2,1H3. The highest BCUT2D eigenvalue weighted by Crippen LogP contribution is 2.30. The van der Waals surface area contributed by atoms with Crippen molar-refractivity contribution >= 4 is 21.7 Å². The van der Waals surface area contributed by atoms with Crippen LogP contribution in [0.5, 0.6) is 0 Å². The average molecular weight is 283 g/mol. The van der Waals surface area contributed by atoms with Crippen molar-refractivity contribution in [2.24, 2.45) is 5.92 Å². The van der Waals surface area contributed by atoms with Gasteiger partial charge in [-0.05, 0) is 49.9 Å². The smallest absolute Gasteiger partial charge is 0.338 e. The lowest BCUT2D eigenvalue weighted by Gasteiger charge is -2.08. The third kappa shape index (κ3) is 4.24. The van der Waals surface area contributed by atoms with Crippen LogP contribution in [0.25, 0.3) is 0 Å². The minimum Gasteiger partial charge on any atom is -0.462 e. The number of benzene rings is 1. The molecule has 0 unspecified atom stereocenters. The van der Waals surface area contributed by atoms with E-state index in [2.05, 4.69) is 4.72 Å². The maximum absolute atomic E-state index is 11.8. The fourth-order valence-electron chi connectivity index (χ4n) is 1.70. The molecule has 0 radical (unpaired) electrons. The third-order valence-corrected chi connectivity index (χ3v) is 4.28. The second kappa shape index (κ2) is 5.61. The second-order valence-electron chi connectivity index (χ2n) is 4.62. The molecule has 1 fully saturated rings. The Balaban J connectivity index is 1.99. The molecular weight excluding hydrogens is 266 g/mol. The first-order valence-corrected chi connectivity index (χ1v) is 7.93. The Labute approximate surface area is 113 Å². The minimum atomic E-state index is -3.28. The first kappa shape index (κ1) is 13.9. The zero-order valence-electron chi connectivity index (χ0n) is 10.8. The van der Waals surface area contributed by atoms with Crippen LogP contribution in [0.2, 0.25) is 0 Å². The van der Waals surface area contributed by atoms with Gasteiger partial charge < -0.3 is 4.74 Å². The summed E-state index contributed by atoms with van der Waals surface area (Å²) < 4.78 is 30.9. The van der Waals surface area contributed by atoms with E-state index in [1.807, 2.05) is 0 Å². The molecular formula is C13H17NO4S. The van der Waals surface area contributed by atoms with Crippen LogP contribution in [0.1, 0.15) is 30.1 Å². The van der Waals surface area contributed by atoms with Crippen LogP contribution >= 0.6 is 0 Å². The molecule has 19 heavy (non-hydrogen) atoms. The normalized spacial score (nSPS) is 15.0. The van der Waals surface area contributed by atoms with Gasteiger partial charge in [-0.25, -0.2) is 13.2 Å². The summed E-state index contributed by atoms with van der Waals surface area (Å²) in [7, 11) is -3.28. The van der Waals surface area contributed by atoms with E-state index >= 15 is 0 Å². The minimum absolute atomic E-state index is 0.173. The van der Waals surface area contributed by atoms with Gasteiger partial charge in [0.05, 0.1) is 17.9 Å². The molecule has 0 aromatic heterocycles. The van der Waals surface area contributed by atoms with Gasteiger partial charge in [-0.15, -0.1) is 0 Å². The number of carbonyl (C=O) groups is 1. The largest absolute Gasteiger partial charge is 0.462 e. The third-order valence-electron chi connectivity index (χ3n) is 2.82. The quantitative estimate of drug-likeness (QED) is 0.811. The van der Waals surface area contributed by atoms with E-state index in [4.69, 9.17) is 4.74 Å². The summed E-state index contributed by atoms with van der Waals surface area (Å²) in [6.45, 7) is 2.05. The van der Waals surface area contributed by atoms with Gasteiger partial charge in [0.25, 0.3) is 0 Å². The van der Waals surface area contributed by atoms with Crippen LogP contribution in [0.15, 0.2) is 24.3 Å². The lowest BCUT2D eigenvalue weighted by Crippen LogP contribution is -2.17. The number of carbonyl (C=O) groups excluding carboxylic acids is 1. The van der Waals surface area contributed by atoms with Crippen molar-refractivity contribution in [3.05, 3.63) is 29.8 Å². The molecule has 0 heterocycles. The Bertz CT molecular complexity index is 547. The molecule has 2 rings (SSSR count). The van der Waals surface area contributed by atoms with E-state index in [1.54, 1.807) is 31.2 Å². The maximum atomic E-state index is 11.8. The average Bonchev–Trinajstić information content (AvgIpc) is 3.12. The van der Waals surface area contributed by atoms with E-state index in [1.165, 1.54) is 0 Å². The number of nitrogens with one attached hydrogen (secondary N) is 1. The van der Waals surface area contributed by atoms with Gasteiger partial charge in [-0.2, -0.15) is 0 Å². The summed E-state index contributed by atoms with van der Waals surface area (Å²) in [6.07, 6.45) is 1.98. The summed E-state index contributed by atoms with van der Waals surface area (Å²) in [6, 6.07) is 6.23. The van der Waals surface area contributed by atoms with Gasteiger partial charge in [-0.3, -0.25) is 4.72 Å². The number of anilines is 1. The molecule has 1 aliphatic carbocycles. The van der Waals surface area contributed by atoms with E-state index in [9.17, 15) is 13.2 Å². The molecule has 0 atom stereocenters. The van der Waals surface area contributed by atoms with Crippen LogP contribution < -0.4 is 4.72 Å². The zero-order valence-corrected chi connectivity index (χ0v) is 11.6. The molecule has 0 bridgehead atoms. The van der Waals surface area contributed by atoms with Crippen molar-refractivity contribution in [2.45, 2.75) is 19.8 Å². The number of hydrogen-bond donors (Lipinski definition) is 1. The van der Waals surface area contributed by atoms with E-state index in [0.717, 1.165) is 12.8 Å². The SMILES string of the molecule is CCOC(=O)c1ccc(NS(=O)(=O)CC2CC2)cc1. The molecule has 6 heteroatoms. The van der Waals surface area contributed by atoms with Crippen LogP contribution in [-0.4, -0.2) is 26.7 Å². The molecule has 1 N–H and O–H groups in total. The molecule has 5 nitrogen and oxygen atoms in total. The molecule has 1 aromatic rings. The van der Waals surface area contributed by atoms with Crippen molar-refractivity contribution < 1.29 is 17.9 Å². The molecule has 0 amide bonds. The van der Waals surface area contributed by atoms with Gasteiger partial charge in [0, 0.05) is 5.69 Å². The van der Waals surface area contributed by atoms with E-state index < -0.39 is 16.0 Å². The fraction of sp³-hybridized carbons (Fsp3) is 0.462. The van der Waals surface area contributed by atoms with Crippen molar-refractivity contribution in [3.8, 4) is 0 Å². The molecule has 104 valence electrons. The van der Waals surface area contributed by atoms with Crippen molar-refractivity contribution in [1.29, 1.82) is 0 Å².